The van der Waals surface area contributed by atoms with Crippen LogP contribution in [0, 0.1) is 29.1 Å². The third-order valence-corrected chi connectivity index (χ3v) is 13.1. The molecule has 2 aromatic rings. The quantitative estimate of drug-likeness (QED) is 0.240. The van der Waals surface area contributed by atoms with E-state index < -0.39 is 24.2 Å². The molecule has 2 amide bonds. The van der Waals surface area contributed by atoms with Gasteiger partial charge < -0.3 is 30.5 Å². The number of nitrogens with one attached hydrogen (secondary N) is 2. The molecule has 2 heterocycles. The van der Waals surface area contributed by atoms with E-state index in [2.05, 4.69) is 43.2 Å². The number of carbonyl (C=O) groups is 2. The van der Waals surface area contributed by atoms with Crippen LogP contribution in [0.5, 0.6) is 5.75 Å². The molecule has 0 spiro atoms. The maximum Gasteiger partial charge on any atom is 0.251 e. The van der Waals surface area contributed by atoms with E-state index in [0.29, 0.717) is 41.7 Å². The molecule has 0 aromatic heterocycles. The Labute approximate surface area is 310 Å². The summed E-state index contributed by atoms with van der Waals surface area (Å²) in [4.78, 5) is 38.5. The molecule has 9 atom stereocenters. The third-order valence-electron chi connectivity index (χ3n) is 13.1. The molecule has 0 radical (unpaired) electrons. The van der Waals surface area contributed by atoms with Gasteiger partial charge in [-0.3, -0.25) is 19.3 Å². The van der Waals surface area contributed by atoms with Crippen LogP contribution in [0.3, 0.4) is 0 Å². The highest BCUT2D eigenvalue weighted by molar-refractivity contribution is 5.97. The lowest BCUT2D eigenvalue weighted by molar-refractivity contribution is -0.183. The molecule has 7 rings (SSSR count). The Balaban J connectivity index is 1.27. The maximum atomic E-state index is 14.2. The summed E-state index contributed by atoms with van der Waals surface area (Å²) in [5.41, 5.74) is 4.14. The topological polar surface area (TPSA) is 127 Å². The first-order valence-electron chi connectivity index (χ1n) is 19.3. The van der Waals surface area contributed by atoms with Crippen LogP contribution >= 0.6 is 0 Å². The number of anilines is 1. The van der Waals surface area contributed by atoms with E-state index in [1.165, 1.54) is 6.42 Å². The summed E-state index contributed by atoms with van der Waals surface area (Å²) >= 11 is 0. The minimum atomic E-state index is -0.890. The van der Waals surface area contributed by atoms with Gasteiger partial charge in [-0.25, -0.2) is 0 Å². The summed E-state index contributed by atoms with van der Waals surface area (Å²) in [5, 5.41) is 29.4. The summed E-state index contributed by atoms with van der Waals surface area (Å²) in [5.74, 6) is 1.15. The first-order chi connectivity index (χ1) is 24.8. The van der Waals surface area contributed by atoms with Gasteiger partial charge in [-0.05, 0) is 92.6 Å². The third kappa shape index (κ3) is 7.31. The van der Waals surface area contributed by atoms with Gasteiger partial charge in [0, 0.05) is 61.0 Å². The molecule has 286 valence electrons. The summed E-state index contributed by atoms with van der Waals surface area (Å²) in [7, 11) is 5.53. The standard InChI is InChI=1S/C41H61N5O6/c1-9-45-15-11-13-30(45)21-42-39(49)28-16-27(17-31(18-28)44(6)7)32-14-10-12-26(38(32)51-8)22-46-37(36(25(3)48)35(23-47)52-46)40(50)43-34-20-29-19-33(24(34)2)41(29,4)5/h10,12,14,16-18,24-25,29-30,33-37,47-48H,9,11,13,15,19-23H2,1-8H3,(H,42,49)(H,43,50)/t24-,25-,29+,30-,33-,34-,35-,36+,37-/m0/s1. The molecule has 2 bridgehead atoms. The Morgan fingerprint density at radius 1 is 1.17 bits per heavy atom. The summed E-state index contributed by atoms with van der Waals surface area (Å²) in [6.45, 7) is 13.3. The minimum Gasteiger partial charge on any atom is -0.496 e. The number of para-hydroxylation sites is 1. The van der Waals surface area contributed by atoms with Crippen molar-refractivity contribution in [3.8, 4) is 16.9 Å². The van der Waals surface area contributed by atoms with Crippen LogP contribution in [0.1, 0.15) is 76.2 Å². The average molecular weight is 720 g/mol. The van der Waals surface area contributed by atoms with Crippen molar-refractivity contribution in [3.05, 3.63) is 47.5 Å². The number of hydroxylamine groups is 2. The zero-order valence-corrected chi connectivity index (χ0v) is 32.4. The lowest BCUT2D eigenvalue weighted by Crippen LogP contribution is -2.62. The Bertz CT molecular complexity index is 1600. The number of carbonyl (C=O) groups excluding carboxylic acids is 2. The van der Waals surface area contributed by atoms with Crippen molar-refractivity contribution >= 4 is 17.5 Å². The number of hydrogen-bond acceptors (Lipinski definition) is 9. The van der Waals surface area contributed by atoms with Crippen molar-refractivity contribution in [2.45, 2.75) is 97.2 Å². The van der Waals surface area contributed by atoms with Crippen molar-refractivity contribution < 1.29 is 29.4 Å². The molecule has 2 saturated heterocycles. The molecule has 5 aliphatic rings. The molecular weight excluding hydrogens is 658 g/mol. The average Bonchev–Trinajstić information content (AvgIpc) is 3.75. The molecule has 52 heavy (non-hydrogen) atoms. The first kappa shape index (κ1) is 38.5. The monoisotopic (exact) mass is 719 g/mol. The fourth-order valence-electron chi connectivity index (χ4n) is 9.84. The number of benzene rings is 2. The van der Waals surface area contributed by atoms with E-state index in [9.17, 15) is 19.8 Å². The van der Waals surface area contributed by atoms with Crippen LogP contribution in [0.4, 0.5) is 5.69 Å². The van der Waals surface area contributed by atoms with Crippen LogP contribution in [-0.4, -0.2) is 110 Å². The number of aliphatic hydroxyl groups is 2. The van der Waals surface area contributed by atoms with Gasteiger partial charge in [-0.1, -0.05) is 45.9 Å². The Hall–Kier alpha value is -3.22. The normalized spacial score (nSPS) is 30.4. The molecule has 11 heteroatoms. The number of hydrogen-bond donors (Lipinski definition) is 4. The molecule has 2 aromatic carbocycles. The fourth-order valence-corrected chi connectivity index (χ4v) is 9.84. The van der Waals surface area contributed by atoms with E-state index in [-0.39, 0.29) is 36.4 Å². The van der Waals surface area contributed by atoms with Crippen LogP contribution < -0.4 is 20.3 Å². The van der Waals surface area contributed by atoms with E-state index in [1.807, 2.05) is 55.4 Å². The second-order valence-electron chi connectivity index (χ2n) is 16.5. The number of aliphatic hydroxyl groups excluding tert-OH is 2. The first-order valence-corrected chi connectivity index (χ1v) is 19.3. The van der Waals surface area contributed by atoms with Gasteiger partial charge in [0.2, 0.25) is 5.91 Å². The zero-order valence-electron chi connectivity index (χ0n) is 32.4. The van der Waals surface area contributed by atoms with E-state index in [0.717, 1.165) is 54.7 Å². The molecule has 4 N–H and O–H groups in total. The number of ether oxygens (including phenoxy) is 1. The van der Waals surface area contributed by atoms with E-state index in [4.69, 9.17) is 9.57 Å². The maximum absolute atomic E-state index is 14.2. The number of nitrogens with zero attached hydrogens (tertiary/aromatic N) is 3. The molecule has 11 nitrogen and oxygen atoms in total. The molecule has 0 unspecified atom stereocenters. The Morgan fingerprint density at radius 3 is 2.58 bits per heavy atom. The molecule has 2 aliphatic heterocycles. The van der Waals surface area contributed by atoms with E-state index >= 15 is 0 Å². The van der Waals surface area contributed by atoms with Crippen molar-refractivity contribution in [3.63, 3.8) is 0 Å². The molecule has 3 saturated carbocycles. The number of rotatable bonds is 13. The summed E-state index contributed by atoms with van der Waals surface area (Å²) in [6, 6.07) is 11.3. The number of likely N-dealkylation sites (tertiary alicyclic amines) is 1. The lowest BCUT2D eigenvalue weighted by atomic mass is 9.45. The van der Waals surface area contributed by atoms with Crippen molar-refractivity contribution in [2.75, 3.05) is 52.3 Å². The van der Waals surface area contributed by atoms with Gasteiger partial charge in [-0.2, -0.15) is 5.06 Å². The fraction of sp³-hybridized carbons (Fsp3) is 0.659. The van der Waals surface area contributed by atoms with Gasteiger partial charge >= 0.3 is 0 Å². The van der Waals surface area contributed by atoms with Gasteiger partial charge in [-0.15, -0.1) is 0 Å². The molecule has 5 fully saturated rings. The Morgan fingerprint density at radius 2 is 1.94 bits per heavy atom. The molecule has 3 aliphatic carbocycles. The van der Waals surface area contributed by atoms with E-state index in [1.54, 1.807) is 19.1 Å². The zero-order chi connectivity index (χ0) is 37.5. The predicted molar refractivity (Wildman–Crippen MR) is 203 cm³/mol. The molecular formula is C41H61N5O6. The van der Waals surface area contributed by atoms with Crippen LogP contribution in [-0.2, 0) is 16.2 Å². The van der Waals surface area contributed by atoms with Crippen molar-refractivity contribution in [1.82, 2.24) is 20.6 Å². The number of likely N-dealkylation sites (N-methyl/N-ethyl adjacent to an activating group) is 1. The van der Waals surface area contributed by atoms with Crippen LogP contribution in [0.15, 0.2) is 36.4 Å². The summed E-state index contributed by atoms with van der Waals surface area (Å²) < 4.78 is 6.07. The largest absolute Gasteiger partial charge is 0.496 e. The smallest absolute Gasteiger partial charge is 0.251 e. The highest BCUT2D eigenvalue weighted by Crippen LogP contribution is 2.61. The van der Waals surface area contributed by atoms with Gasteiger partial charge in [0.1, 0.15) is 17.9 Å². The van der Waals surface area contributed by atoms with Gasteiger partial charge in [0.25, 0.3) is 5.91 Å². The Kier molecular flexibility index (Phi) is 11.6. The number of amides is 2. The van der Waals surface area contributed by atoms with Crippen LogP contribution in [0.25, 0.3) is 11.1 Å². The SMILES string of the molecule is CCN1CCC[C@H]1CNC(=O)c1cc(-c2cccc(CN3O[C@@H](CO)[C@@H]([C@H](C)O)[C@H]3C(=O)N[C@H]3C[C@H]4C[C@@H]([C@@H]3C)C4(C)C)c2OC)cc(N(C)C)c1. The van der Waals surface area contributed by atoms with Gasteiger partial charge in [0.15, 0.2) is 0 Å². The lowest BCUT2D eigenvalue weighted by Gasteiger charge is -2.62. The van der Waals surface area contributed by atoms with Crippen LogP contribution in [0.2, 0.25) is 0 Å². The highest BCUT2D eigenvalue weighted by Gasteiger charge is 2.57. The second kappa shape index (κ2) is 15.6. The highest BCUT2D eigenvalue weighted by atomic mass is 16.7. The predicted octanol–water partition coefficient (Wildman–Crippen LogP) is 4.30. The second-order valence-corrected chi connectivity index (χ2v) is 16.5. The number of methoxy groups -OCH3 is 1. The summed E-state index contributed by atoms with van der Waals surface area (Å²) in [6.07, 6.45) is 2.75. The van der Waals surface area contributed by atoms with Crippen molar-refractivity contribution in [1.29, 1.82) is 0 Å². The minimum absolute atomic E-state index is 0.0472. The van der Waals surface area contributed by atoms with Gasteiger partial charge in [0.05, 0.1) is 26.4 Å². The van der Waals surface area contributed by atoms with Crippen molar-refractivity contribution in [2.24, 2.45) is 29.1 Å². The number of fused-ring (bicyclic) bond motifs is 2.